The number of benzene rings is 1. The van der Waals surface area contributed by atoms with Crippen LogP contribution in [0.1, 0.15) is 19.3 Å². The number of nitrogen functional groups attached to an aromatic ring is 1. The molecule has 230 valence electrons. The van der Waals surface area contributed by atoms with Crippen molar-refractivity contribution in [2.75, 3.05) is 61.8 Å². The lowest BCUT2D eigenvalue weighted by molar-refractivity contribution is -0.125. The molecule has 10 nitrogen and oxygen atoms in total. The van der Waals surface area contributed by atoms with Gasteiger partial charge in [0, 0.05) is 75.5 Å². The Morgan fingerprint density at radius 2 is 2.02 bits per heavy atom. The molecule has 4 aromatic rings. The van der Waals surface area contributed by atoms with Crippen LogP contribution in [0.15, 0.2) is 31.0 Å². The number of anilines is 3. The predicted molar refractivity (Wildman–Crippen MR) is 172 cm³/mol. The van der Waals surface area contributed by atoms with Gasteiger partial charge >= 0.3 is 0 Å². The third kappa shape index (κ3) is 4.34. The van der Waals surface area contributed by atoms with Crippen molar-refractivity contribution in [3.63, 3.8) is 0 Å². The quantitative estimate of drug-likeness (QED) is 0.240. The fraction of sp³-hybridized carbons (Fsp3) is 0.406. The van der Waals surface area contributed by atoms with Crippen LogP contribution in [-0.4, -0.2) is 89.1 Å². The van der Waals surface area contributed by atoms with Crippen molar-refractivity contribution < 1.29 is 13.6 Å². The van der Waals surface area contributed by atoms with Crippen LogP contribution in [0.3, 0.4) is 0 Å². The number of pyridine rings is 1. The third-order valence-electron chi connectivity index (χ3n) is 10.0. The summed E-state index contributed by atoms with van der Waals surface area (Å²) in [7, 11) is 1.90. The van der Waals surface area contributed by atoms with Crippen LogP contribution >= 0.6 is 11.3 Å². The van der Waals surface area contributed by atoms with Gasteiger partial charge in [-0.2, -0.15) is 4.98 Å². The first-order valence-corrected chi connectivity index (χ1v) is 15.9. The lowest BCUT2D eigenvalue weighted by atomic mass is 9.92. The Morgan fingerprint density at radius 1 is 1.24 bits per heavy atom. The number of carbonyl (C=O) groups excluding carboxylic acids is 1. The Balaban J connectivity index is 1.21. The Kier molecular flexibility index (Phi) is 6.27. The molecule has 1 atom stereocenters. The number of carbonyl (C=O) groups is 1. The number of likely N-dealkylation sites (tertiary alicyclic amines) is 2. The largest absolute Gasteiger partial charge is 0.399 e. The molecule has 1 unspecified atom stereocenters. The first-order chi connectivity index (χ1) is 21.7. The Morgan fingerprint density at radius 3 is 2.73 bits per heavy atom. The van der Waals surface area contributed by atoms with E-state index in [9.17, 15) is 9.18 Å². The maximum Gasteiger partial charge on any atom is 0.246 e. The Hall–Kier alpha value is -4.41. The van der Waals surface area contributed by atoms with Crippen molar-refractivity contribution in [3.8, 4) is 11.3 Å². The molecule has 3 saturated heterocycles. The molecule has 4 fully saturated rings. The van der Waals surface area contributed by atoms with Crippen molar-refractivity contribution in [1.29, 1.82) is 0 Å². The van der Waals surface area contributed by atoms with Crippen molar-refractivity contribution in [2.45, 2.75) is 31.3 Å². The van der Waals surface area contributed by atoms with E-state index in [-0.39, 0.29) is 49.5 Å². The summed E-state index contributed by atoms with van der Waals surface area (Å²) in [6, 6.07) is 3.06. The van der Waals surface area contributed by atoms with Crippen LogP contribution in [0.5, 0.6) is 0 Å². The number of aromatic nitrogens is 3. The van der Waals surface area contributed by atoms with Gasteiger partial charge < -0.3 is 20.4 Å². The monoisotopic (exact) mass is 627 g/mol. The van der Waals surface area contributed by atoms with E-state index in [1.54, 1.807) is 11.1 Å². The number of nitrogens with two attached hydrogens (primary N) is 1. The van der Waals surface area contributed by atoms with E-state index in [1.807, 2.05) is 11.9 Å². The van der Waals surface area contributed by atoms with E-state index < -0.39 is 11.6 Å². The van der Waals surface area contributed by atoms with Crippen LogP contribution < -0.4 is 15.5 Å². The van der Waals surface area contributed by atoms with Crippen LogP contribution in [0.25, 0.3) is 37.1 Å². The van der Waals surface area contributed by atoms with Crippen LogP contribution in [0, 0.1) is 23.6 Å². The minimum Gasteiger partial charge on any atom is -0.399 e. The molecule has 45 heavy (non-hydrogen) atoms. The lowest BCUT2D eigenvalue weighted by Gasteiger charge is -2.52. The summed E-state index contributed by atoms with van der Waals surface area (Å²) in [6.45, 7) is 16.2. The smallest absolute Gasteiger partial charge is 0.246 e. The van der Waals surface area contributed by atoms with E-state index in [0.717, 1.165) is 43.9 Å². The molecule has 1 spiro atoms. The molecule has 2 N–H and O–H groups in total. The lowest BCUT2D eigenvalue weighted by Crippen LogP contribution is -2.66. The zero-order chi connectivity index (χ0) is 31.2. The number of hydrogen-bond acceptors (Lipinski definition) is 9. The van der Waals surface area contributed by atoms with Gasteiger partial charge in [-0.15, -0.1) is 11.3 Å². The van der Waals surface area contributed by atoms with Gasteiger partial charge in [0.15, 0.2) is 5.82 Å². The molecular formula is C32H31F2N9OS. The molecule has 13 heteroatoms. The fourth-order valence-corrected chi connectivity index (χ4v) is 8.02. The summed E-state index contributed by atoms with van der Waals surface area (Å²) in [5.74, 6) is -0.370. The molecule has 3 aromatic heterocycles. The minimum absolute atomic E-state index is 0.0335. The van der Waals surface area contributed by atoms with Gasteiger partial charge in [0.1, 0.15) is 22.8 Å². The number of fused-ring (bicyclic) bond motifs is 2. The highest BCUT2D eigenvalue weighted by molar-refractivity contribution is 7.23. The van der Waals surface area contributed by atoms with E-state index in [4.69, 9.17) is 22.3 Å². The topological polar surface area (TPSA) is 99.1 Å². The zero-order valence-electron chi connectivity index (χ0n) is 24.8. The molecule has 3 aliphatic heterocycles. The van der Waals surface area contributed by atoms with Gasteiger partial charge in [-0.1, -0.05) is 12.6 Å². The standard InChI is InChI=1S/C32H31F2N9OS/c1-4-22(44)41-10-7-17(12-41)40(3)30-20-11-37-25(19-5-6-21(33)28-23(19)27(36-2)29(35)45-28)24(34)26(20)38-31(39-30)42-13-18(14-42)43-15-32(16-43)8-9-32/h4-6,11,17-18H,1,7-10,12-16,35H2,3H3. The SMILES string of the molecule is [C-]#[N+]c1c(N)sc2c(F)ccc(-c3ncc4c(N(C)C5CCN(C(=O)C=C)C5)nc(N5CC(N6CC7(CC7)C6)C5)nc4c3F)c12. The Bertz CT molecular complexity index is 1950. The predicted octanol–water partition coefficient (Wildman–Crippen LogP) is 4.83. The molecule has 0 bridgehead atoms. The van der Waals surface area contributed by atoms with E-state index in [1.165, 1.54) is 31.1 Å². The number of nitrogens with zero attached hydrogens (tertiary/aromatic N) is 8. The van der Waals surface area contributed by atoms with Crippen LogP contribution in [-0.2, 0) is 4.79 Å². The molecule has 8 rings (SSSR count). The third-order valence-corrected chi connectivity index (χ3v) is 11.1. The zero-order valence-corrected chi connectivity index (χ0v) is 25.6. The second-order valence-electron chi connectivity index (χ2n) is 12.8. The summed E-state index contributed by atoms with van der Waals surface area (Å²) < 4.78 is 31.7. The van der Waals surface area contributed by atoms with Gasteiger partial charge in [-0.25, -0.2) is 18.6 Å². The van der Waals surface area contributed by atoms with Crippen molar-refractivity contribution in [3.05, 3.63) is 54.0 Å². The van der Waals surface area contributed by atoms with E-state index in [2.05, 4.69) is 26.2 Å². The maximum absolute atomic E-state index is 16.7. The number of likely N-dealkylation sites (N-methyl/N-ethyl adjacent to an activating group) is 1. The van der Waals surface area contributed by atoms with Gasteiger partial charge in [0.05, 0.1) is 21.7 Å². The highest BCUT2D eigenvalue weighted by atomic mass is 32.1. The minimum atomic E-state index is -0.676. The highest BCUT2D eigenvalue weighted by Gasteiger charge is 2.55. The number of halogens is 2. The molecule has 1 amide bonds. The average Bonchev–Trinajstić information content (AvgIpc) is 3.50. The number of amides is 1. The molecule has 6 heterocycles. The number of hydrogen-bond donors (Lipinski definition) is 1. The first kappa shape index (κ1) is 28.1. The van der Waals surface area contributed by atoms with Crippen molar-refractivity contribution in [1.82, 2.24) is 24.8 Å². The van der Waals surface area contributed by atoms with Crippen LogP contribution in [0.4, 0.5) is 31.2 Å². The maximum atomic E-state index is 16.7. The van der Waals surface area contributed by atoms with Crippen molar-refractivity contribution >= 4 is 60.7 Å². The summed E-state index contributed by atoms with van der Waals surface area (Å²) >= 11 is 0.964. The fourth-order valence-electron chi connectivity index (χ4n) is 7.09. The summed E-state index contributed by atoms with van der Waals surface area (Å²) in [5, 5.41) is 0.847. The normalized spacial score (nSPS) is 20.8. The summed E-state index contributed by atoms with van der Waals surface area (Å²) in [4.78, 5) is 38.4. The number of thiophene rings is 1. The van der Waals surface area contributed by atoms with Crippen molar-refractivity contribution in [2.24, 2.45) is 5.41 Å². The first-order valence-electron chi connectivity index (χ1n) is 15.1. The molecule has 4 aliphatic rings. The second kappa shape index (κ2) is 10.1. The van der Waals surface area contributed by atoms with Gasteiger partial charge in [0.25, 0.3) is 0 Å². The highest BCUT2D eigenvalue weighted by Crippen LogP contribution is 2.54. The molecule has 0 radical (unpaired) electrons. The number of rotatable bonds is 6. The molecule has 1 saturated carbocycles. The molecule has 1 aromatic carbocycles. The summed E-state index contributed by atoms with van der Waals surface area (Å²) in [5.41, 5.74) is 7.05. The molecular weight excluding hydrogens is 596 g/mol. The summed E-state index contributed by atoms with van der Waals surface area (Å²) in [6.07, 6.45) is 6.23. The van der Waals surface area contributed by atoms with Gasteiger partial charge in [0.2, 0.25) is 17.5 Å². The molecule has 1 aliphatic carbocycles. The average molecular weight is 628 g/mol. The van der Waals surface area contributed by atoms with Crippen LogP contribution in [0.2, 0.25) is 0 Å². The van der Waals surface area contributed by atoms with E-state index >= 15 is 4.39 Å². The Labute approximate surface area is 262 Å². The van der Waals surface area contributed by atoms with E-state index in [0.29, 0.717) is 41.7 Å². The van der Waals surface area contributed by atoms with Gasteiger partial charge in [-0.05, 0) is 36.8 Å². The van der Waals surface area contributed by atoms with Gasteiger partial charge in [-0.3, -0.25) is 14.7 Å². The second-order valence-corrected chi connectivity index (χ2v) is 13.8.